The first-order valence-electron chi connectivity index (χ1n) is 18.4. The van der Waals surface area contributed by atoms with Crippen LogP contribution in [-0.4, -0.2) is 6.36 Å². The largest absolute Gasteiger partial charge is 0.573 e. The number of fused-ring (bicyclic) bond motifs is 3. The Morgan fingerprint density at radius 2 is 0.909 bits per heavy atom. The molecule has 8 aromatic rings. The average molecular weight is 721 g/mol. The first-order valence-corrected chi connectivity index (χ1v) is 18.4. The summed E-state index contributed by atoms with van der Waals surface area (Å²) < 4.78 is 44.0. The van der Waals surface area contributed by atoms with Gasteiger partial charge in [-0.05, 0) is 90.5 Å². The van der Waals surface area contributed by atoms with E-state index in [1.165, 1.54) is 34.4 Å². The van der Waals surface area contributed by atoms with Gasteiger partial charge < -0.3 is 4.74 Å². The molecule has 9 rings (SSSR count). The zero-order chi connectivity index (χ0) is 37.4. The molecular formula is C51H35F3O. The lowest BCUT2D eigenvalue weighted by Crippen LogP contribution is -2.28. The highest BCUT2D eigenvalue weighted by molar-refractivity contribution is 5.87. The van der Waals surface area contributed by atoms with Crippen LogP contribution in [0.3, 0.4) is 0 Å². The second kappa shape index (κ2) is 14.0. The zero-order valence-electron chi connectivity index (χ0n) is 29.7. The number of alkyl halides is 3. The number of hydrogen-bond acceptors (Lipinski definition) is 1. The molecule has 0 saturated carbocycles. The molecule has 0 spiro atoms. The van der Waals surface area contributed by atoms with Gasteiger partial charge in [-0.25, -0.2) is 0 Å². The second-order valence-corrected chi connectivity index (χ2v) is 13.9. The monoisotopic (exact) mass is 720 g/mol. The van der Waals surface area contributed by atoms with E-state index in [2.05, 4.69) is 150 Å². The lowest BCUT2D eigenvalue weighted by molar-refractivity contribution is -0.274. The Morgan fingerprint density at radius 3 is 1.58 bits per heavy atom. The van der Waals surface area contributed by atoms with E-state index in [0.29, 0.717) is 0 Å². The molecule has 266 valence electrons. The van der Waals surface area contributed by atoms with Crippen molar-refractivity contribution in [2.45, 2.75) is 17.7 Å². The topological polar surface area (TPSA) is 9.23 Å². The molecule has 0 aliphatic heterocycles. The van der Waals surface area contributed by atoms with E-state index in [0.717, 1.165) is 50.1 Å². The minimum Gasteiger partial charge on any atom is -0.406 e. The van der Waals surface area contributed by atoms with Gasteiger partial charge in [0.25, 0.3) is 0 Å². The van der Waals surface area contributed by atoms with Gasteiger partial charge in [-0.2, -0.15) is 0 Å². The third-order valence-corrected chi connectivity index (χ3v) is 10.8. The molecular weight excluding hydrogens is 686 g/mol. The lowest BCUT2D eigenvalue weighted by Gasteiger charge is -2.34. The van der Waals surface area contributed by atoms with Gasteiger partial charge in [-0.3, -0.25) is 0 Å². The molecule has 0 heterocycles. The molecule has 0 aromatic heterocycles. The van der Waals surface area contributed by atoms with Crippen LogP contribution in [0.5, 0.6) is 5.75 Å². The maximum Gasteiger partial charge on any atom is 0.573 e. The van der Waals surface area contributed by atoms with Crippen LogP contribution in [0.2, 0.25) is 0 Å². The molecule has 0 saturated heterocycles. The number of rotatable bonds is 8. The van der Waals surface area contributed by atoms with Crippen molar-refractivity contribution in [1.82, 2.24) is 0 Å². The molecule has 2 unspecified atom stereocenters. The standard InChI is InChI=1S/C51H35F3O/c52-51(53,54)55-42-31-29-41(30-32-42)50(40-18-8-3-9-19-40)47-23-13-12-21-44(47)46-34-39(28-33-48(46)50)49(38-26-24-36(25-27-38)35-14-4-1-5-15-35)45-22-11-10-20-43(45)37-16-6-2-7-17-37/h1-34,49H. The van der Waals surface area contributed by atoms with Crippen LogP contribution in [0.15, 0.2) is 206 Å². The first-order chi connectivity index (χ1) is 26.9. The summed E-state index contributed by atoms with van der Waals surface area (Å²) >= 11 is 0. The van der Waals surface area contributed by atoms with E-state index in [1.807, 2.05) is 36.4 Å². The van der Waals surface area contributed by atoms with Crippen molar-refractivity contribution in [3.8, 4) is 39.1 Å². The van der Waals surface area contributed by atoms with Gasteiger partial charge in [-0.15, -0.1) is 13.2 Å². The highest BCUT2D eigenvalue weighted by Gasteiger charge is 2.46. The quantitative estimate of drug-likeness (QED) is 0.142. The van der Waals surface area contributed by atoms with Gasteiger partial charge in [0.2, 0.25) is 0 Å². The van der Waals surface area contributed by atoms with Crippen molar-refractivity contribution in [2.75, 3.05) is 0 Å². The number of halogens is 3. The van der Waals surface area contributed by atoms with Crippen LogP contribution in [0.25, 0.3) is 33.4 Å². The molecule has 0 radical (unpaired) electrons. The normalized spacial score (nSPS) is 15.2. The van der Waals surface area contributed by atoms with Crippen molar-refractivity contribution in [3.05, 3.63) is 245 Å². The van der Waals surface area contributed by atoms with E-state index in [9.17, 15) is 13.2 Å². The highest BCUT2D eigenvalue weighted by Crippen LogP contribution is 2.57. The average Bonchev–Trinajstić information content (AvgIpc) is 3.52. The molecule has 55 heavy (non-hydrogen) atoms. The molecule has 1 nitrogen and oxygen atoms in total. The Bertz CT molecular complexity index is 2580. The van der Waals surface area contributed by atoms with Crippen LogP contribution < -0.4 is 4.74 Å². The summed E-state index contributed by atoms with van der Waals surface area (Å²) in [6.07, 6.45) is -4.78. The lowest BCUT2D eigenvalue weighted by atomic mass is 9.67. The van der Waals surface area contributed by atoms with Gasteiger partial charge in [0, 0.05) is 5.92 Å². The summed E-state index contributed by atoms with van der Waals surface area (Å²) in [5, 5.41) is 0. The van der Waals surface area contributed by atoms with Crippen LogP contribution in [-0.2, 0) is 5.41 Å². The van der Waals surface area contributed by atoms with Crippen LogP contribution in [0.1, 0.15) is 44.9 Å². The van der Waals surface area contributed by atoms with Gasteiger partial charge >= 0.3 is 6.36 Å². The summed E-state index contributed by atoms with van der Waals surface area (Å²) in [7, 11) is 0. The Labute approximate surface area is 319 Å². The predicted molar refractivity (Wildman–Crippen MR) is 215 cm³/mol. The summed E-state index contributed by atoms with van der Waals surface area (Å²) in [4.78, 5) is 0. The SMILES string of the molecule is FC(F)(F)Oc1ccc(C2(c3ccccc3)c3ccccc3-c3cc(C(c4ccc(-c5ccccc5)cc4)c4ccccc4-c4ccccc4)ccc32)cc1. The van der Waals surface area contributed by atoms with Crippen LogP contribution in [0, 0.1) is 0 Å². The molecule has 1 aliphatic carbocycles. The van der Waals surface area contributed by atoms with Crippen molar-refractivity contribution in [3.63, 3.8) is 0 Å². The maximum absolute atomic E-state index is 13.2. The minimum absolute atomic E-state index is 0.107. The van der Waals surface area contributed by atoms with Crippen molar-refractivity contribution in [1.29, 1.82) is 0 Å². The molecule has 0 amide bonds. The van der Waals surface area contributed by atoms with Gasteiger partial charge in [-0.1, -0.05) is 188 Å². The van der Waals surface area contributed by atoms with E-state index in [-0.39, 0.29) is 11.7 Å². The first kappa shape index (κ1) is 34.1. The molecule has 0 N–H and O–H groups in total. The zero-order valence-corrected chi connectivity index (χ0v) is 29.7. The van der Waals surface area contributed by atoms with Gasteiger partial charge in [0.1, 0.15) is 5.75 Å². The fraction of sp³-hybridized carbons (Fsp3) is 0.0588. The van der Waals surface area contributed by atoms with Gasteiger partial charge in [0.15, 0.2) is 0 Å². The third-order valence-electron chi connectivity index (χ3n) is 10.8. The summed E-state index contributed by atoms with van der Waals surface area (Å²) in [5.41, 5.74) is 13.6. The third kappa shape index (κ3) is 6.20. The van der Waals surface area contributed by atoms with Crippen LogP contribution in [0.4, 0.5) is 13.2 Å². The Balaban J connectivity index is 1.26. The minimum atomic E-state index is -4.78. The van der Waals surface area contributed by atoms with E-state index in [1.54, 1.807) is 12.1 Å². The molecule has 8 aromatic carbocycles. The van der Waals surface area contributed by atoms with Crippen molar-refractivity contribution in [2.24, 2.45) is 0 Å². The highest BCUT2D eigenvalue weighted by atomic mass is 19.4. The van der Waals surface area contributed by atoms with E-state index in [4.69, 9.17) is 0 Å². The number of benzene rings is 8. The maximum atomic E-state index is 13.2. The predicted octanol–water partition coefficient (Wildman–Crippen LogP) is 13.5. The molecule has 2 atom stereocenters. The number of ether oxygens (including phenoxy) is 1. The van der Waals surface area contributed by atoms with Gasteiger partial charge in [0.05, 0.1) is 5.41 Å². The number of hydrogen-bond donors (Lipinski definition) is 0. The van der Waals surface area contributed by atoms with Crippen molar-refractivity contribution < 1.29 is 17.9 Å². The Kier molecular flexibility index (Phi) is 8.67. The summed E-state index contributed by atoms with van der Waals surface area (Å²) in [6, 6.07) is 70.3. The Hall–Kier alpha value is -6.65. The van der Waals surface area contributed by atoms with Crippen molar-refractivity contribution >= 4 is 0 Å². The molecule has 1 aliphatic rings. The van der Waals surface area contributed by atoms with E-state index >= 15 is 0 Å². The second-order valence-electron chi connectivity index (χ2n) is 13.9. The fourth-order valence-electron chi connectivity index (χ4n) is 8.54. The molecule has 0 fully saturated rings. The smallest absolute Gasteiger partial charge is 0.406 e. The van der Waals surface area contributed by atoms with E-state index < -0.39 is 11.8 Å². The summed E-state index contributed by atoms with van der Waals surface area (Å²) in [6.45, 7) is 0. The van der Waals surface area contributed by atoms with Crippen LogP contribution >= 0.6 is 0 Å². The molecule has 0 bridgehead atoms. The fourth-order valence-corrected chi connectivity index (χ4v) is 8.54. The molecule has 4 heteroatoms. The summed E-state index contributed by atoms with van der Waals surface area (Å²) in [5.74, 6) is -0.358. The Morgan fingerprint density at radius 1 is 0.400 bits per heavy atom.